The third-order valence-electron chi connectivity index (χ3n) is 8.33. The number of hydrogen-bond acceptors (Lipinski definition) is 8. The highest BCUT2D eigenvalue weighted by Crippen LogP contribution is 2.49. The number of nitro groups is 1. The number of imide groups is 1. The van der Waals surface area contributed by atoms with Crippen LogP contribution in [0.15, 0.2) is 109 Å². The Morgan fingerprint density at radius 3 is 2.20 bits per heavy atom. The largest absolute Gasteiger partial charge is 0.425 e. The molecular formula is C34H23N3O7. The second-order valence-electron chi connectivity index (χ2n) is 10.7. The van der Waals surface area contributed by atoms with E-state index in [2.05, 4.69) is 0 Å². The normalized spacial score (nSPS) is 21.5. The van der Waals surface area contributed by atoms with Crippen LogP contribution < -0.4 is 14.5 Å². The number of fused-ring (bicyclic) bond motifs is 5. The monoisotopic (exact) mass is 585 g/mol. The molecule has 0 aliphatic carbocycles. The molecule has 0 spiro atoms. The van der Waals surface area contributed by atoms with E-state index < -0.39 is 46.6 Å². The number of hydrogen-bond donors (Lipinski definition) is 0. The van der Waals surface area contributed by atoms with E-state index in [-0.39, 0.29) is 22.9 Å². The SMILES string of the molecule is O=C(c1ccccc1)c1ccc(OC(=O)[C@@H]2[C@@H]3C(=O)N(c4cccc([N+](=O)[O-])c4)C(=O)[C@@H]3[C@H]3C=Cc4ccccc4N32)cc1. The summed E-state index contributed by atoms with van der Waals surface area (Å²) in [5.41, 5.74) is 2.24. The Labute approximate surface area is 250 Å². The first-order valence-electron chi connectivity index (χ1n) is 13.9. The van der Waals surface area contributed by atoms with Gasteiger partial charge in [-0.1, -0.05) is 66.7 Å². The Kier molecular flexibility index (Phi) is 6.39. The molecule has 0 unspecified atom stereocenters. The topological polar surface area (TPSA) is 127 Å². The molecule has 2 saturated heterocycles. The Morgan fingerprint density at radius 1 is 0.773 bits per heavy atom. The molecule has 3 aliphatic rings. The molecule has 44 heavy (non-hydrogen) atoms. The molecular weight excluding hydrogens is 562 g/mol. The average molecular weight is 586 g/mol. The summed E-state index contributed by atoms with van der Waals surface area (Å²) < 4.78 is 5.80. The fourth-order valence-corrected chi connectivity index (χ4v) is 6.39. The van der Waals surface area contributed by atoms with Crippen LogP contribution in [0.4, 0.5) is 17.1 Å². The lowest BCUT2D eigenvalue weighted by atomic mass is 9.89. The number of benzene rings is 4. The Hall–Kier alpha value is -5.90. The zero-order valence-corrected chi connectivity index (χ0v) is 23.0. The highest BCUT2D eigenvalue weighted by atomic mass is 16.6. The molecule has 2 fully saturated rings. The van der Waals surface area contributed by atoms with Crippen molar-refractivity contribution in [2.45, 2.75) is 12.1 Å². The van der Waals surface area contributed by atoms with E-state index in [1.54, 1.807) is 47.4 Å². The highest BCUT2D eigenvalue weighted by Gasteiger charge is 2.65. The lowest BCUT2D eigenvalue weighted by Gasteiger charge is -2.36. The van der Waals surface area contributed by atoms with Crippen molar-refractivity contribution in [3.05, 3.63) is 136 Å². The minimum atomic E-state index is -1.16. The zero-order chi connectivity index (χ0) is 30.5. The van der Waals surface area contributed by atoms with E-state index in [4.69, 9.17) is 4.74 Å². The van der Waals surface area contributed by atoms with E-state index in [0.717, 1.165) is 10.5 Å². The van der Waals surface area contributed by atoms with Crippen molar-refractivity contribution < 1.29 is 28.8 Å². The van der Waals surface area contributed by atoms with E-state index in [9.17, 15) is 29.3 Å². The van der Waals surface area contributed by atoms with Gasteiger partial charge in [0.2, 0.25) is 11.8 Å². The molecule has 4 atom stereocenters. The minimum Gasteiger partial charge on any atom is -0.425 e. The van der Waals surface area contributed by atoms with Crippen LogP contribution in [-0.4, -0.2) is 40.6 Å². The maximum Gasteiger partial charge on any atom is 0.335 e. The van der Waals surface area contributed by atoms with Crippen LogP contribution in [0.25, 0.3) is 6.08 Å². The summed E-state index contributed by atoms with van der Waals surface area (Å²) in [6.07, 6.45) is 3.66. The predicted octanol–water partition coefficient (Wildman–Crippen LogP) is 4.82. The predicted molar refractivity (Wildman–Crippen MR) is 160 cm³/mol. The number of non-ortho nitro benzene ring substituents is 1. The molecule has 216 valence electrons. The standard InChI is InChI=1S/C34H23N3O7/c38-31(21-8-2-1-3-9-21)22-13-16-25(17-14-22)44-34(41)30-29-28(27-18-15-20-7-4-5-12-26(20)36(27)30)32(39)35(33(29)40)23-10-6-11-24(19-23)37(42)43/h1-19,27-30H/t27-,28-,29-,30+/m1/s1. The fraction of sp³-hybridized carbons (Fsp3) is 0.118. The molecule has 3 heterocycles. The summed E-state index contributed by atoms with van der Waals surface area (Å²) in [5, 5.41) is 11.4. The van der Waals surface area contributed by atoms with Crippen LogP contribution in [0.2, 0.25) is 0 Å². The highest BCUT2D eigenvalue weighted by molar-refractivity contribution is 6.24. The molecule has 0 aromatic heterocycles. The quantitative estimate of drug-likeness (QED) is 0.0787. The van der Waals surface area contributed by atoms with Gasteiger partial charge in [-0.25, -0.2) is 9.69 Å². The number of esters is 1. The molecule has 4 aromatic carbocycles. The Bertz CT molecular complexity index is 1890. The number of amides is 2. The van der Waals surface area contributed by atoms with Gasteiger partial charge in [0, 0.05) is 28.9 Å². The number of nitrogens with zero attached hydrogens (tertiary/aromatic N) is 3. The molecule has 0 saturated carbocycles. The molecule has 10 heteroatoms. The van der Waals surface area contributed by atoms with E-state index in [0.29, 0.717) is 16.8 Å². The van der Waals surface area contributed by atoms with Crippen LogP contribution in [0, 0.1) is 22.0 Å². The van der Waals surface area contributed by atoms with Gasteiger partial charge in [0.15, 0.2) is 5.78 Å². The summed E-state index contributed by atoms with van der Waals surface area (Å²) in [7, 11) is 0. The molecule has 2 amide bonds. The number of carbonyl (C=O) groups excluding carboxylic acids is 4. The lowest BCUT2D eigenvalue weighted by Crippen LogP contribution is -2.50. The number of ketones is 1. The number of rotatable bonds is 6. The van der Waals surface area contributed by atoms with Gasteiger partial charge in [0.1, 0.15) is 11.8 Å². The summed E-state index contributed by atoms with van der Waals surface area (Å²) in [4.78, 5) is 68.2. The third kappa shape index (κ3) is 4.27. The fourth-order valence-electron chi connectivity index (χ4n) is 6.39. The van der Waals surface area contributed by atoms with E-state index in [1.807, 2.05) is 36.4 Å². The number of para-hydroxylation sites is 1. The van der Waals surface area contributed by atoms with Crippen LogP contribution in [0.1, 0.15) is 21.5 Å². The van der Waals surface area contributed by atoms with Crippen molar-refractivity contribution >= 4 is 46.7 Å². The first-order chi connectivity index (χ1) is 21.3. The molecule has 0 N–H and O–H groups in total. The average Bonchev–Trinajstić information content (AvgIpc) is 3.53. The zero-order valence-electron chi connectivity index (χ0n) is 23.0. The molecule has 3 aliphatic heterocycles. The number of anilines is 2. The molecule has 7 rings (SSSR count). The van der Waals surface area contributed by atoms with Crippen molar-refractivity contribution in [1.29, 1.82) is 0 Å². The van der Waals surface area contributed by atoms with Crippen LogP contribution in [-0.2, 0) is 14.4 Å². The maximum absolute atomic E-state index is 14.0. The van der Waals surface area contributed by atoms with E-state index >= 15 is 0 Å². The second-order valence-corrected chi connectivity index (χ2v) is 10.7. The van der Waals surface area contributed by atoms with Gasteiger partial charge in [0.25, 0.3) is 5.69 Å². The summed E-state index contributed by atoms with van der Waals surface area (Å²) in [6, 6.07) is 25.8. The van der Waals surface area contributed by atoms with Crippen molar-refractivity contribution in [2.75, 3.05) is 9.80 Å². The van der Waals surface area contributed by atoms with Crippen molar-refractivity contribution in [2.24, 2.45) is 11.8 Å². The Balaban J connectivity index is 1.23. The van der Waals surface area contributed by atoms with Crippen LogP contribution in [0.5, 0.6) is 5.75 Å². The van der Waals surface area contributed by atoms with Gasteiger partial charge < -0.3 is 9.64 Å². The number of ether oxygens (including phenoxy) is 1. The second kappa shape index (κ2) is 10.4. The molecule has 4 aromatic rings. The van der Waals surface area contributed by atoms with Crippen molar-refractivity contribution in [3.8, 4) is 5.75 Å². The maximum atomic E-state index is 14.0. The minimum absolute atomic E-state index is 0.0705. The third-order valence-corrected chi connectivity index (χ3v) is 8.33. The van der Waals surface area contributed by atoms with Gasteiger partial charge in [-0.05, 0) is 42.0 Å². The molecule has 0 bridgehead atoms. The smallest absolute Gasteiger partial charge is 0.335 e. The van der Waals surface area contributed by atoms with Gasteiger partial charge in [0.05, 0.1) is 28.5 Å². The Morgan fingerprint density at radius 2 is 1.45 bits per heavy atom. The van der Waals surface area contributed by atoms with Crippen LogP contribution >= 0.6 is 0 Å². The van der Waals surface area contributed by atoms with Crippen LogP contribution in [0.3, 0.4) is 0 Å². The van der Waals surface area contributed by atoms with Gasteiger partial charge >= 0.3 is 5.97 Å². The van der Waals surface area contributed by atoms with Gasteiger partial charge in [-0.15, -0.1) is 0 Å². The number of carbonyl (C=O) groups is 4. The van der Waals surface area contributed by atoms with E-state index in [1.165, 1.54) is 36.4 Å². The van der Waals surface area contributed by atoms with Gasteiger partial charge in [-0.2, -0.15) is 0 Å². The molecule has 0 radical (unpaired) electrons. The summed E-state index contributed by atoms with van der Waals surface area (Å²) >= 11 is 0. The summed E-state index contributed by atoms with van der Waals surface area (Å²) in [5.74, 6) is -3.95. The summed E-state index contributed by atoms with van der Waals surface area (Å²) in [6.45, 7) is 0. The molecule has 10 nitrogen and oxygen atoms in total. The first-order valence-corrected chi connectivity index (χ1v) is 13.9. The lowest BCUT2D eigenvalue weighted by molar-refractivity contribution is -0.384. The van der Waals surface area contributed by atoms with Gasteiger partial charge in [-0.3, -0.25) is 24.5 Å². The van der Waals surface area contributed by atoms with Crippen molar-refractivity contribution in [3.63, 3.8) is 0 Å². The number of nitro benzene ring substituents is 1. The first kappa shape index (κ1) is 27.0. The van der Waals surface area contributed by atoms with Crippen molar-refractivity contribution in [1.82, 2.24) is 0 Å².